The zero-order valence-electron chi connectivity index (χ0n) is 15.3. The molecule has 0 radical (unpaired) electrons. The molecule has 0 saturated carbocycles. The molecular formula is C21H21ClN2O3. The summed E-state index contributed by atoms with van der Waals surface area (Å²) in [6.07, 6.45) is 0.707. The smallest absolute Gasteiger partial charge is 0.292 e. The van der Waals surface area contributed by atoms with Crippen LogP contribution in [-0.2, 0) is 13.1 Å². The van der Waals surface area contributed by atoms with Gasteiger partial charge in [0.25, 0.3) is 5.56 Å². The lowest BCUT2D eigenvalue weighted by atomic mass is 10.1. The summed E-state index contributed by atoms with van der Waals surface area (Å²) in [4.78, 5) is 38.4. The zero-order chi connectivity index (χ0) is 19.6. The number of Topliss-reactive ketones (excluding diaryl/α,β-unsaturated/α-hetero) is 1. The van der Waals surface area contributed by atoms with Gasteiger partial charge in [-0.05, 0) is 48.7 Å². The van der Waals surface area contributed by atoms with E-state index >= 15 is 0 Å². The summed E-state index contributed by atoms with van der Waals surface area (Å²) in [5.41, 5.74) is 0.166. The van der Waals surface area contributed by atoms with Gasteiger partial charge < -0.3 is 0 Å². The summed E-state index contributed by atoms with van der Waals surface area (Å²) in [6, 6.07) is 13.4. The Hall–Kier alpha value is -2.66. The van der Waals surface area contributed by atoms with Crippen molar-refractivity contribution in [2.75, 3.05) is 0 Å². The van der Waals surface area contributed by atoms with Crippen LogP contribution in [0.25, 0.3) is 10.9 Å². The third-order valence-corrected chi connectivity index (χ3v) is 4.78. The molecule has 27 heavy (non-hydrogen) atoms. The maximum atomic E-state index is 13.0. The van der Waals surface area contributed by atoms with Crippen molar-refractivity contribution in [2.24, 2.45) is 5.92 Å². The fourth-order valence-corrected chi connectivity index (χ4v) is 3.10. The minimum Gasteiger partial charge on any atom is -0.292 e. The first-order chi connectivity index (χ1) is 12.9. The fraction of sp³-hybridized carbons (Fsp3) is 0.286. The minimum atomic E-state index is -0.457. The normalized spacial score (nSPS) is 11.3. The first kappa shape index (κ1) is 19.1. The molecular weight excluding hydrogens is 364 g/mol. The number of ketones is 1. The number of aromatic nitrogens is 2. The Morgan fingerprint density at radius 2 is 1.67 bits per heavy atom. The molecule has 0 bridgehead atoms. The van der Waals surface area contributed by atoms with E-state index in [9.17, 15) is 14.4 Å². The molecule has 6 heteroatoms. The summed E-state index contributed by atoms with van der Waals surface area (Å²) < 4.78 is 2.62. The second kappa shape index (κ2) is 7.92. The fourth-order valence-electron chi connectivity index (χ4n) is 2.98. The molecule has 0 amide bonds. The van der Waals surface area contributed by atoms with E-state index in [0.717, 1.165) is 0 Å². The van der Waals surface area contributed by atoms with E-state index in [1.54, 1.807) is 48.5 Å². The molecule has 5 nitrogen and oxygen atoms in total. The van der Waals surface area contributed by atoms with Crippen LogP contribution < -0.4 is 11.2 Å². The Morgan fingerprint density at radius 1 is 1.00 bits per heavy atom. The van der Waals surface area contributed by atoms with Gasteiger partial charge in [-0.2, -0.15) is 0 Å². The summed E-state index contributed by atoms with van der Waals surface area (Å²) in [6.45, 7) is 4.27. The van der Waals surface area contributed by atoms with Crippen molar-refractivity contribution < 1.29 is 4.79 Å². The van der Waals surface area contributed by atoms with Crippen LogP contribution in [-0.4, -0.2) is 14.9 Å². The number of carbonyl (C=O) groups is 1. The van der Waals surface area contributed by atoms with Gasteiger partial charge in [0, 0.05) is 17.1 Å². The van der Waals surface area contributed by atoms with Crippen molar-refractivity contribution in [2.45, 2.75) is 33.4 Å². The molecule has 3 aromatic rings. The van der Waals surface area contributed by atoms with Crippen LogP contribution in [0.3, 0.4) is 0 Å². The Bertz CT molecular complexity index is 1100. The predicted molar refractivity (Wildman–Crippen MR) is 108 cm³/mol. The molecule has 0 aliphatic carbocycles. The summed E-state index contributed by atoms with van der Waals surface area (Å²) in [7, 11) is 0. The number of para-hydroxylation sites is 1. The van der Waals surface area contributed by atoms with Crippen molar-refractivity contribution in [3.8, 4) is 0 Å². The molecule has 140 valence electrons. The van der Waals surface area contributed by atoms with E-state index in [-0.39, 0.29) is 17.9 Å². The average Bonchev–Trinajstić information content (AvgIpc) is 2.65. The van der Waals surface area contributed by atoms with Crippen LogP contribution in [0.15, 0.2) is 58.1 Å². The highest BCUT2D eigenvalue weighted by Gasteiger charge is 2.16. The van der Waals surface area contributed by atoms with E-state index in [2.05, 4.69) is 0 Å². The van der Waals surface area contributed by atoms with Crippen LogP contribution in [0.4, 0.5) is 0 Å². The summed E-state index contributed by atoms with van der Waals surface area (Å²) in [5, 5.41) is 0.973. The molecule has 0 saturated heterocycles. The standard InChI is InChI=1S/C21H21ClN2O3/c1-14(2)11-12-23-20(26)17-5-3-4-6-18(17)24(21(23)27)13-19(25)15-7-9-16(22)10-8-15/h3-10,14H,11-13H2,1-2H3. The Kier molecular flexibility index (Phi) is 5.61. The van der Waals surface area contributed by atoms with E-state index < -0.39 is 5.69 Å². The highest BCUT2D eigenvalue weighted by molar-refractivity contribution is 6.30. The van der Waals surface area contributed by atoms with Crippen LogP contribution in [0.2, 0.25) is 5.02 Å². The van der Waals surface area contributed by atoms with Crippen molar-refractivity contribution >= 4 is 28.3 Å². The summed E-state index contributed by atoms with van der Waals surface area (Å²) >= 11 is 5.87. The number of hydrogen-bond donors (Lipinski definition) is 0. The monoisotopic (exact) mass is 384 g/mol. The Morgan fingerprint density at radius 3 is 2.33 bits per heavy atom. The van der Waals surface area contributed by atoms with Crippen LogP contribution in [0, 0.1) is 5.92 Å². The molecule has 0 unspecified atom stereocenters. The molecule has 0 fully saturated rings. The van der Waals surface area contributed by atoms with Gasteiger partial charge in [0.05, 0.1) is 17.4 Å². The maximum absolute atomic E-state index is 13.0. The number of benzene rings is 2. The largest absolute Gasteiger partial charge is 0.331 e. The van der Waals surface area contributed by atoms with E-state index in [1.807, 2.05) is 13.8 Å². The molecule has 3 rings (SSSR count). The lowest BCUT2D eigenvalue weighted by Gasteiger charge is -2.14. The lowest BCUT2D eigenvalue weighted by Crippen LogP contribution is -2.41. The Labute approximate surface area is 161 Å². The minimum absolute atomic E-state index is 0.136. The van der Waals surface area contributed by atoms with Crippen molar-refractivity contribution in [3.63, 3.8) is 0 Å². The third-order valence-electron chi connectivity index (χ3n) is 4.53. The second-order valence-electron chi connectivity index (χ2n) is 6.96. The molecule has 0 spiro atoms. The second-order valence-corrected chi connectivity index (χ2v) is 7.39. The summed E-state index contributed by atoms with van der Waals surface area (Å²) in [5.74, 6) is 0.139. The predicted octanol–water partition coefficient (Wildman–Crippen LogP) is 3.75. The highest BCUT2D eigenvalue weighted by Crippen LogP contribution is 2.13. The van der Waals surface area contributed by atoms with Gasteiger partial charge in [-0.15, -0.1) is 0 Å². The molecule has 0 aliphatic rings. The first-order valence-electron chi connectivity index (χ1n) is 8.89. The van der Waals surface area contributed by atoms with E-state index in [4.69, 9.17) is 11.6 Å². The van der Waals surface area contributed by atoms with Crippen LogP contribution >= 0.6 is 11.6 Å². The number of carbonyl (C=O) groups excluding carboxylic acids is 1. The molecule has 0 aliphatic heterocycles. The SMILES string of the molecule is CC(C)CCn1c(=O)c2ccccc2n(CC(=O)c2ccc(Cl)cc2)c1=O. The lowest BCUT2D eigenvalue weighted by molar-refractivity contribution is 0.0971. The number of hydrogen-bond acceptors (Lipinski definition) is 3. The molecule has 1 heterocycles. The molecule has 0 N–H and O–H groups in total. The van der Waals surface area contributed by atoms with Crippen LogP contribution in [0.1, 0.15) is 30.6 Å². The average molecular weight is 385 g/mol. The van der Waals surface area contributed by atoms with Crippen molar-refractivity contribution in [1.29, 1.82) is 0 Å². The van der Waals surface area contributed by atoms with Gasteiger partial charge in [-0.3, -0.25) is 18.7 Å². The van der Waals surface area contributed by atoms with Gasteiger partial charge in [-0.25, -0.2) is 4.79 Å². The van der Waals surface area contributed by atoms with Gasteiger partial charge in [0.15, 0.2) is 5.78 Å². The molecule has 1 aromatic heterocycles. The number of nitrogens with zero attached hydrogens (tertiary/aromatic N) is 2. The van der Waals surface area contributed by atoms with Crippen molar-refractivity contribution in [3.05, 3.63) is 80.0 Å². The third kappa shape index (κ3) is 4.03. The van der Waals surface area contributed by atoms with Gasteiger partial charge in [0.1, 0.15) is 0 Å². The maximum Gasteiger partial charge on any atom is 0.331 e. The Balaban J connectivity index is 2.10. The number of rotatable bonds is 6. The zero-order valence-corrected chi connectivity index (χ0v) is 16.1. The first-order valence-corrected chi connectivity index (χ1v) is 9.27. The van der Waals surface area contributed by atoms with Gasteiger partial charge in [-0.1, -0.05) is 37.6 Å². The molecule has 0 atom stereocenters. The quantitative estimate of drug-likeness (QED) is 0.608. The number of fused-ring (bicyclic) bond motifs is 1. The van der Waals surface area contributed by atoms with Crippen LogP contribution in [0.5, 0.6) is 0 Å². The number of halogens is 1. The van der Waals surface area contributed by atoms with Gasteiger partial charge >= 0.3 is 5.69 Å². The van der Waals surface area contributed by atoms with Gasteiger partial charge in [0.2, 0.25) is 0 Å². The van der Waals surface area contributed by atoms with E-state index in [0.29, 0.717) is 40.4 Å². The highest BCUT2D eigenvalue weighted by atomic mass is 35.5. The van der Waals surface area contributed by atoms with E-state index in [1.165, 1.54) is 9.13 Å². The van der Waals surface area contributed by atoms with Crippen molar-refractivity contribution in [1.82, 2.24) is 9.13 Å². The topological polar surface area (TPSA) is 61.1 Å². The molecule has 2 aromatic carbocycles.